The number of rotatable bonds is 1. The van der Waals surface area contributed by atoms with Gasteiger partial charge in [0.1, 0.15) is 0 Å². The Kier molecular flexibility index (Phi) is 3.72. The van der Waals surface area contributed by atoms with Crippen LogP contribution in [0.1, 0.15) is 5.56 Å². The number of phenols is 1. The number of fused-ring (bicyclic) bond motifs is 6. The Morgan fingerprint density at radius 1 is 1.16 bits per heavy atom. The first-order valence-corrected chi connectivity index (χ1v) is 7.90. The van der Waals surface area contributed by atoms with E-state index >= 15 is 0 Å². The fraction of sp³-hybridized carbons (Fsp3) is 0.211. The fourth-order valence-electron chi connectivity index (χ4n) is 3.60. The van der Waals surface area contributed by atoms with Crippen LogP contribution in [0.5, 0.6) is 23.0 Å². The lowest BCUT2D eigenvalue weighted by Gasteiger charge is -2.17. The lowest BCUT2D eigenvalue weighted by molar-refractivity contribution is -0.686. The van der Waals surface area contributed by atoms with Crippen LogP contribution in [-0.4, -0.2) is 19.0 Å². The number of pyridine rings is 1. The van der Waals surface area contributed by atoms with Crippen molar-refractivity contribution in [2.24, 2.45) is 0 Å². The standard InChI is InChI=1S/C19H15NO4.BrH/c1-22-18-7-12-4-5-20-9-14-11(2-3-17-19(14)24-10-23-17)6-15(20)13(12)8-16(18)21;/h2-3,6-9H,4-5,10H2,1H3;1H. The van der Waals surface area contributed by atoms with Gasteiger partial charge in [-0.05, 0) is 35.2 Å². The Morgan fingerprint density at radius 3 is 2.88 bits per heavy atom. The van der Waals surface area contributed by atoms with Crippen molar-refractivity contribution in [3.63, 3.8) is 0 Å². The van der Waals surface area contributed by atoms with Gasteiger partial charge in [-0.1, -0.05) is 0 Å². The molecule has 0 spiro atoms. The Labute approximate surface area is 155 Å². The fourth-order valence-corrected chi connectivity index (χ4v) is 3.60. The molecule has 2 aliphatic heterocycles. The Balaban J connectivity index is 0.00000157. The van der Waals surface area contributed by atoms with E-state index in [0.717, 1.165) is 46.5 Å². The molecule has 0 aliphatic carbocycles. The largest absolute Gasteiger partial charge is 1.00 e. The second-order valence-electron chi connectivity index (χ2n) is 6.09. The molecule has 0 saturated carbocycles. The number of nitrogens with zero attached hydrogens (tertiary/aromatic N) is 1. The number of aromatic hydroxyl groups is 1. The van der Waals surface area contributed by atoms with E-state index in [1.54, 1.807) is 13.2 Å². The number of aromatic nitrogens is 1. The second-order valence-corrected chi connectivity index (χ2v) is 6.09. The van der Waals surface area contributed by atoms with Gasteiger partial charge in [-0.15, -0.1) is 0 Å². The van der Waals surface area contributed by atoms with Crippen LogP contribution >= 0.6 is 0 Å². The van der Waals surface area contributed by atoms with E-state index < -0.39 is 0 Å². The molecule has 0 atom stereocenters. The van der Waals surface area contributed by atoms with E-state index in [9.17, 15) is 5.11 Å². The van der Waals surface area contributed by atoms with E-state index in [-0.39, 0.29) is 29.5 Å². The number of hydrogen-bond acceptors (Lipinski definition) is 4. The molecule has 5 rings (SSSR count). The molecule has 0 bridgehead atoms. The highest BCUT2D eigenvalue weighted by atomic mass is 79.9. The summed E-state index contributed by atoms with van der Waals surface area (Å²) in [5.74, 6) is 2.29. The highest BCUT2D eigenvalue weighted by molar-refractivity contribution is 5.92. The Bertz CT molecular complexity index is 1000. The number of benzene rings is 2. The number of hydrogen-bond donors (Lipinski definition) is 1. The SMILES string of the molecule is COc1cc2c(cc1O)-c1cc3ccc4c(c3c[n+]1CC2)OCO4.[Br-]. The monoisotopic (exact) mass is 401 g/mol. The van der Waals surface area contributed by atoms with Crippen LogP contribution in [0.4, 0.5) is 0 Å². The van der Waals surface area contributed by atoms with E-state index in [1.807, 2.05) is 18.2 Å². The molecule has 0 radical (unpaired) electrons. The summed E-state index contributed by atoms with van der Waals surface area (Å²) in [6, 6.07) is 9.84. The first kappa shape index (κ1) is 16.0. The number of halogens is 1. The third kappa shape index (κ3) is 2.32. The predicted molar refractivity (Wildman–Crippen MR) is 87.6 cm³/mol. The van der Waals surface area contributed by atoms with Crippen LogP contribution in [0.2, 0.25) is 0 Å². The van der Waals surface area contributed by atoms with Gasteiger partial charge in [0, 0.05) is 12.5 Å². The lowest BCUT2D eigenvalue weighted by atomic mass is 9.95. The summed E-state index contributed by atoms with van der Waals surface area (Å²) < 4.78 is 18.5. The molecule has 25 heavy (non-hydrogen) atoms. The van der Waals surface area contributed by atoms with Crippen LogP contribution in [0.15, 0.2) is 36.5 Å². The minimum absolute atomic E-state index is 0. The molecule has 1 aromatic heterocycles. The van der Waals surface area contributed by atoms with Gasteiger partial charge in [-0.2, -0.15) is 4.57 Å². The van der Waals surface area contributed by atoms with Crippen molar-refractivity contribution in [2.75, 3.05) is 13.9 Å². The van der Waals surface area contributed by atoms with Gasteiger partial charge in [-0.25, -0.2) is 0 Å². The third-order valence-corrected chi connectivity index (χ3v) is 4.80. The number of phenolic OH excluding ortho intramolecular Hbond substituents is 1. The molecule has 2 aliphatic rings. The zero-order valence-electron chi connectivity index (χ0n) is 13.6. The molecule has 0 fully saturated rings. The lowest BCUT2D eigenvalue weighted by Crippen LogP contribution is -3.00. The third-order valence-electron chi connectivity index (χ3n) is 4.80. The molecule has 0 saturated heterocycles. The van der Waals surface area contributed by atoms with Crippen molar-refractivity contribution in [1.29, 1.82) is 0 Å². The van der Waals surface area contributed by atoms with Crippen LogP contribution in [-0.2, 0) is 13.0 Å². The summed E-state index contributed by atoms with van der Waals surface area (Å²) in [5.41, 5.74) is 3.31. The average Bonchev–Trinajstić information content (AvgIpc) is 3.09. The van der Waals surface area contributed by atoms with Crippen molar-refractivity contribution >= 4 is 10.8 Å². The van der Waals surface area contributed by atoms with Gasteiger partial charge in [-0.3, -0.25) is 0 Å². The normalized spacial score (nSPS) is 13.8. The molecule has 0 unspecified atom stereocenters. The zero-order chi connectivity index (χ0) is 16.3. The minimum atomic E-state index is 0. The van der Waals surface area contributed by atoms with Crippen LogP contribution in [0.25, 0.3) is 22.0 Å². The summed E-state index contributed by atoms with van der Waals surface area (Å²) in [6.07, 6.45) is 3.00. The average molecular weight is 402 g/mol. The van der Waals surface area contributed by atoms with Crippen molar-refractivity contribution in [2.45, 2.75) is 13.0 Å². The maximum Gasteiger partial charge on any atom is 0.231 e. The number of ether oxygens (including phenoxy) is 3. The summed E-state index contributed by atoms with van der Waals surface area (Å²) in [7, 11) is 1.57. The molecular formula is C19H16BrNO4. The summed E-state index contributed by atoms with van der Waals surface area (Å²) in [5, 5.41) is 12.3. The van der Waals surface area contributed by atoms with E-state index in [0.29, 0.717) is 5.75 Å². The maximum atomic E-state index is 10.2. The van der Waals surface area contributed by atoms with Crippen LogP contribution in [0.3, 0.4) is 0 Å². The van der Waals surface area contributed by atoms with Gasteiger partial charge in [0.15, 0.2) is 35.7 Å². The van der Waals surface area contributed by atoms with Gasteiger partial charge in [0.2, 0.25) is 12.5 Å². The van der Waals surface area contributed by atoms with Gasteiger partial charge in [0.25, 0.3) is 0 Å². The molecular weight excluding hydrogens is 386 g/mol. The van der Waals surface area contributed by atoms with Crippen LogP contribution in [0, 0.1) is 0 Å². The van der Waals surface area contributed by atoms with Gasteiger partial charge >= 0.3 is 0 Å². The second kappa shape index (κ2) is 5.81. The van der Waals surface area contributed by atoms with Crippen molar-refractivity contribution < 1.29 is 40.9 Å². The number of aryl methyl sites for hydroxylation is 2. The first-order chi connectivity index (χ1) is 11.7. The van der Waals surface area contributed by atoms with E-state index in [2.05, 4.69) is 16.8 Å². The molecule has 2 aromatic carbocycles. The van der Waals surface area contributed by atoms with Gasteiger partial charge in [0.05, 0.1) is 18.1 Å². The zero-order valence-corrected chi connectivity index (χ0v) is 15.2. The Hall–Kier alpha value is -2.47. The van der Waals surface area contributed by atoms with E-state index in [1.165, 1.54) is 5.56 Å². The van der Waals surface area contributed by atoms with E-state index in [4.69, 9.17) is 14.2 Å². The molecule has 0 amide bonds. The summed E-state index contributed by atoms with van der Waals surface area (Å²) in [6.45, 7) is 1.14. The molecule has 3 heterocycles. The quantitative estimate of drug-likeness (QED) is 0.573. The topological polar surface area (TPSA) is 51.8 Å². The van der Waals surface area contributed by atoms with Crippen molar-refractivity contribution in [3.8, 4) is 34.3 Å². The maximum absolute atomic E-state index is 10.2. The molecule has 6 heteroatoms. The highest BCUT2D eigenvalue weighted by Gasteiger charge is 2.27. The van der Waals surface area contributed by atoms with Crippen LogP contribution < -0.4 is 35.8 Å². The molecule has 1 N–H and O–H groups in total. The number of methoxy groups -OCH3 is 1. The molecule has 5 nitrogen and oxygen atoms in total. The summed E-state index contributed by atoms with van der Waals surface area (Å²) >= 11 is 0. The minimum Gasteiger partial charge on any atom is -1.00 e. The smallest absolute Gasteiger partial charge is 0.231 e. The Morgan fingerprint density at radius 2 is 2.04 bits per heavy atom. The van der Waals surface area contributed by atoms with Crippen molar-refractivity contribution in [3.05, 3.63) is 42.1 Å². The van der Waals surface area contributed by atoms with Crippen molar-refractivity contribution in [1.82, 2.24) is 0 Å². The molecule has 128 valence electrons. The summed E-state index contributed by atoms with van der Waals surface area (Å²) in [4.78, 5) is 0. The predicted octanol–water partition coefficient (Wildman–Crippen LogP) is -0.203. The van der Waals surface area contributed by atoms with Gasteiger partial charge < -0.3 is 36.3 Å². The first-order valence-electron chi connectivity index (χ1n) is 7.90. The highest BCUT2D eigenvalue weighted by Crippen LogP contribution is 2.41. The molecule has 3 aromatic rings.